The summed E-state index contributed by atoms with van der Waals surface area (Å²) in [6.07, 6.45) is -0.241. The molecule has 3 aromatic rings. The Labute approximate surface area is 175 Å². The first-order valence-corrected chi connectivity index (χ1v) is 9.45. The van der Waals surface area contributed by atoms with Crippen molar-refractivity contribution in [3.63, 3.8) is 0 Å². The van der Waals surface area contributed by atoms with Gasteiger partial charge in [-0.1, -0.05) is 0 Å². The van der Waals surface area contributed by atoms with Gasteiger partial charge in [-0.3, -0.25) is 19.0 Å². The molecule has 9 heteroatoms. The van der Waals surface area contributed by atoms with E-state index in [-0.39, 0.29) is 24.3 Å². The lowest BCUT2D eigenvalue weighted by Gasteiger charge is -2.13. The molecule has 0 saturated carbocycles. The highest BCUT2D eigenvalue weighted by Gasteiger charge is 2.27. The molecular weight excluding hydrogens is 410 g/mol. The van der Waals surface area contributed by atoms with E-state index in [4.69, 9.17) is 5.11 Å². The van der Waals surface area contributed by atoms with Crippen molar-refractivity contribution in [1.82, 2.24) is 9.88 Å². The third-order valence-electron chi connectivity index (χ3n) is 5.07. The number of nitrogens with one attached hydrogen (secondary N) is 1. The largest absolute Gasteiger partial charge is 0.508 e. The number of nitrogens with zero attached hydrogens (tertiary/aromatic N) is 1. The molecule has 3 rings (SSSR count). The highest BCUT2D eigenvalue weighted by Crippen LogP contribution is 2.34. The number of phenols is 1. The maximum atomic E-state index is 13.7. The number of hydrogen-bond donors (Lipinski definition) is 3. The number of rotatable bonds is 6. The lowest BCUT2D eigenvalue weighted by Crippen LogP contribution is -2.30. The number of carboxylic acid groups (broad SMARTS) is 1. The molecule has 2 aromatic carbocycles. The van der Waals surface area contributed by atoms with E-state index in [1.165, 1.54) is 22.8 Å². The van der Waals surface area contributed by atoms with E-state index in [9.17, 15) is 28.3 Å². The number of carbonyl (C=O) groups is 3. The number of fused-ring (bicyclic) bond motifs is 1. The monoisotopic (exact) mass is 430 g/mol. The van der Waals surface area contributed by atoms with Crippen molar-refractivity contribution in [3.8, 4) is 5.75 Å². The Bertz CT molecular complexity index is 1200. The van der Waals surface area contributed by atoms with Crippen LogP contribution in [0.4, 0.5) is 8.78 Å². The van der Waals surface area contributed by atoms with Crippen molar-refractivity contribution in [1.29, 1.82) is 0 Å². The van der Waals surface area contributed by atoms with Gasteiger partial charge in [-0.15, -0.1) is 0 Å². The summed E-state index contributed by atoms with van der Waals surface area (Å²) in [5.74, 6) is -5.24. The zero-order valence-electron chi connectivity index (χ0n) is 16.8. The van der Waals surface area contributed by atoms with E-state index >= 15 is 0 Å². The molecule has 31 heavy (non-hydrogen) atoms. The van der Waals surface area contributed by atoms with Gasteiger partial charge in [0, 0.05) is 23.2 Å². The van der Waals surface area contributed by atoms with Crippen LogP contribution in [0.3, 0.4) is 0 Å². The van der Waals surface area contributed by atoms with Crippen molar-refractivity contribution >= 4 is 28.7 Å². The third kappa shape index (κ3) is 4.25. The normalized spacial score (nSPS) is 12.0. The number of carbonyl (C=O) groups excluding carboxylic acids is 2. The van der Waals surface area contributed by atoms with Crippen LogP contribution >= 0.6 is 0 Å². The smallest absolute Gasteiger partial charge is 0.305 e. The Morgan fingerprint density at radius 1 is 1.10 bits per heavy atom. The lowest BCUT2D eigenvalue weighted by molar-refractivity contribution is -0.136. The Morgan fingerprint density at radius 3 is 2.45 bits per heavy atom. The summed E-state index contributed by atoms with van der Waals surface area (Å²) in [5, 5.41) is 21.7. The molecule has 0 unspecified atom stereocenters. The van der Waals surface area contributed by atoms with Crippen molar-refractivity contribution < 1.29 is 33.4 Å². The number of aromatic hydroxyl groups is 1. The summed E-state index contributed by atoms with van der Waals surface area (Å²) in [7, 11) is 0. The highest BCUT2D eigenvalue weighted by molar-refractivity contribution is 6.05. The first-order chi connectivity index (χ1) is 14.6. The fourth-order valence-electron chi connectivity index (χ4n) is 3.57. The van der Waals surface area contributed by atoms with Gasteiger partial charge in [0.15, 0.2) is 11.6 Å². The molecule has 0 fully saturated rings. The zero-order chi connectivity index (χ0) is 22.9. The van der Waals surface area contributed by atoms with Crippen LogP contribution in [0.2, 0.25) is 0 Å². The minimum Gasteiger partial charge on any atom is -0.508 e. The first-order valence-electron chi connectivity index (χ1n) is 9.45. The van der Waals surface area contributed by atoms with Crippen LogP contribution in [0.25, 0.3) is 10.9 Å². The van der Waals surface area contributed by atoms with Gasteiger partial charge in [0.05, 0.1) is 17.9 Å². The Hall–Kier alpha value is -3.75. The van der Waals surface area contributed by atoms with Gasteiger partial charge < -0.3 is 15.5 Å². The van der Waals surface area contributed by atoms with Gasteiger partial charge >= 0.3 is 5.97 Å². The number of benzene rings is 2. The molecule has 3 N–H and O–H groups in total. The molecule has 162 valence electrons. The van der Waals surface area contributed by atoms with Crippen molar-refractivity contribution in [2.45, 2.75) is 26.2 Å². The fraction of sp³-hybridized carbons (Fsp3) is 0.227. The molecule has 0 aliphatic rings. The van der Waals surface area contributed by atoms with E-state index in [0.29, 0.717) is 22.2 Å². The minimum absolute atomic E-state index is 0.0603. The molecule has 1 aromatic heterocycles. The van der Waals surface area contributed by atoms with Crippen LogP contribution in [0.1, 0.15) is 40.9 Å². The summed E-state index contributed by atoms with van der Waals surface area (Å²) in [6.45, 7) is 3.13. The number of carboxylic acids is 1. The molecule has 0 aliphatic heterocycles. The van der Waals surface area contributed by atoms with Gasteiger partial charge in [0.2, 0.25) is 5.91 Å². The molecule has 0 radical (unpaired) electrons. The van der Waals surface area contributed by atoms with Crippen LogP contribution in [0, 0.1) is 18.6 Å². The molecule has 0 spiro atoms. The summed E-state index contributed by atoms with van der Waals surface area (Å²) >= 11 is 0. The van der Waals surface area contributed by atoms with E-state index in [2.05, 4.69) is 5.32 Å². The molecule has 0 saturated heterocycles. The predicted molar refractivity (Wildman–Crippen MR) is 108 cm³/mol. The lowest BCUT2D eigenvalue weighted by atomic mass is 9.97. The van der Waals surface area contributed by atoms with Crippen molar-refractivity contribution in [3.05, 3.63) is 64.9 Å². The zero-order valence-corrected chi connectivity index (χ0v) is 16.8. The predicted octanol–water partition coefficient (Wildman–Crippen LogP) is 3.32. The van der Waals surface area contributed by atoms with E-state index in [1.54, 1.807) is 13.8 Å². The standard InChI is InChI=1S/C22H20F2N2O5/c1-11(21(30)25-8-7-19(28)29)20-12(2)26(18-6-4-14(27)10-15(18)20)22(31)13-3-5-16(23)17(24)9-13/h3-6,9-11,27H,7-8H2,1-2H3,(H,25,30)(H,28,29)/t11-/m0/s1. The van der Waals surface area contributed by atoms with Crippen LogP contribution in [0.5, 0.6) is 5.75 Å². The first kappa shape index (κ1) is 21.9. The Morgan fingerprint density at radius 2 is 1.81 bits per heavy atom. The second-order valence-electron chi connectivity index (χ2n) is 7.13. The molecule has 1 atom stereocenters. The summed E-state index contributed by atoms with van der Waals surface area (Å²) in [5.41, 5.74) is 1.13. The van der Waals surface area contributed by atoms with Gasteiger partial charge in [-0.25, -0.2) is 8.78 Å². The maximum absolute atomic E-state index is 13.7. The molecule has 0 aliphatic carbocycles. The summed E-state index contributed by atoms with van der Waals surface area (Å²) in [6, 6.07) is 7.09. The van der Waals surface area contributed by atoms with E-state index in [0.717, 1.165) is 18.2 Å². The second kappa shape index (κ2) is 8.55. The van der Waals surface area contributed by atoms with Gasteiger partial charge in [-0.2, -0.15) is 0 Å². The summed E-state index contributed by atoms with van der Waals surface area (Å²) < 4.78 is 28.2. The molecular formula is C22H20F2N2O5. The molecule has 0 bridgehead atoms. The quantitative estimate of drug-likeness (QED) is 0.556. The molecule has 7 nitrogen and oxygen atoms in total. The SMILES string of the molecule is Cc1c([C@H](C)C(=O)NCCC(=O)O)c2cc(O)ccc2n1C(=O)c1ccc(F)c(F)c1. The second-order valence-corrected chi connectivity index (χ2v) is 7.13. The van der Waals surface area contributed by atoms with Gasteiger partial charge in [0.25, 0.3) is 5.91 Å². The van der Waals surface area contributed by atoms with Crippen molar-refractivity contribution in [2.75, 3.05) is 6.54 Å². The van der Waals surface area contributed by atoms with Crippen LogP contribution < -0.4 is 5.32 Å². The number of halogens is 2. The van der Waals surface area contributed by atoms with Crippen LogP contribution in [-0.4, -0.2) is 39.1 Å². The number of phenolic OH excluding ortho intramolecular Hbond substituents is 1. The number of aromatic nitrogens is 1. The van der Waals surface area contributed by atoms with Gasteiger partial charge in [0.1, 0.15) is 5.75 Å². The topological polar surface area (TPSA) is 109 Å². The van der Waals surface area contributed by atoms with E-state index < -0.39 is 35.3 Å². The average molecular weight is 430 g/mol. The number of aliphatic carboxylic acids is 1. The number of hydrogen-bond acceptors (Lipinski definition) is 4. The average Bonchev–Trinajstić information content (AvgIpc) is 2.99. The highest BCUT2D eigenvalue weighted by atomic mass is 19.2. The van der Waals surface area contributed by atoms with Crippen LogP contribution in [-0.2, 0) is 9.59 Å². The Balaban J connectivity index is 2.09. The molecule has 1 amide bonds. The maximum Gasteiger partial charge on any atom is 0.305 e. The fourth-order valence-corrected chi connectivity index (χ4v) is 3.57. The minimum atomic E-state index is -1.16. The third-order valence-corrected chi connectivity index (χ3v) is 5.07. The van der Waals surface area contributed by atoms with Gasteiger partial charge in [-0.05, 0) is 55.8 Å². The van der Waals surface area contributed by atoms with Crippen molar-refractivity contribution in [2.24, 2.45) is 0 Å². The number of amides is 1. The summed E-state index contributed by atoms with van der Waals surface area (Å²) in [4.78, 5) is 36.4. The molecule has 1 heterocycles. The van der Waals surface area contributed by atoms with E-state index in [1.807, 2.05) is 0 Å². The van der Waals surface area contributed by atoms with Crippen LogP contribution in [0.15, 0.2) is 36.4 Å². The Kier molecular flexibility index (Phi) is 6.05.